The summed E-state index contributed by atoms with van der Waals surface area (Å²) >= 11 is 3.78. The molecule has 1 N–H and O–H groups in total. The Morgan fingerprint density at radius 2 is 2.06 bits per heavy atom. The number of hydrogen-bond donors (Lipinski definition) is 1. The van der Waals surface area contributed by atoms with E-state index in [0.717, 1.165) is 0 Å². The third kappa shape index (κ3) is 3.30. The highest BCUT2D eigenvalue weighted by atomic mass is 32.1. The van der Waals surface area contributed by atoms with Crippen LogP contribution in [0.3, 0.4) is 0 Å². The number of rotatable bonds is 4. The molecular weight excluding hydrogens is 246 g/mol. The second-order valence-corrected chi connectivity index (χ2v) is 7.80. The van der Waals surface area contributed by atoms with Gasteiger partial charge in [0.25, 0.3) is 0 Å². The summed E-state index contributed by atoms with van der Waals surface area (Å²) in [5.41, 5.74) is 0.420. The van der Waals surface area contributed by atoms with Crippen LogP contribution in [0.5, 0.6) is 0 Å². The summed E-state index contributed by atoms with van der Waals surface area (Å²) in [5.74, 6) is 0. The van der Waals surface area contributed by atoms with E-state index in [1.165, 1.54) is 27.1 Å². The van der Waals surface area contributed by atoms with Gasteiger partial charge in [-0.2, -0.15) is 0 Å². The molecule has 0 aliphatic heterocycles. The van der Waals surface area contributed by atoms with E-state index in [1.54, 1.807) is 0 Å². The molecule has 0 amide bonds. The predicted molar refractivity (Wildman–Crippen MR) is 80.2 cm³/mol. The molecule has 2 aromatic heterocycles. The largest absolute Gasteiger partial charge is 0.312 e. The summed E-state index contributed by atoms with van der Waals surface area (Å²) in [5, 5.41) is 5.63. The van der Waals surface area contributed by atoms with Gasteiger partial charge in [-0.25, -0.2) is 0 Å². The van der Waals surface area contributed by atoms with Crippen LogP contribution in [-0.2, 0) is 0 Å². The van der Waals surface area contributed by atoms with Gasteiger partial charge < -0.3 is 5.32 Å². The quantitative estimate of drug-likeness (QED) is 0.817. The first-order valence-corrected chi connectivity index (χ1v) is 7.83. The minimum atomic E-state index is 0.420. The zero-order valence-electron chi connectivity index (χ0n) is 11.0. The zero-order valence-corrected chi connectivity index (χ0v) is 12.7. The average molecular weight is 267 g/mol. The fourth-order valence-electron chi connectivity index (χ4n) is 1.96. The Labute approximate surface area is 112 Å². The van der Waals surface area contributed by atoms with Crippen LogP contribution in [0.4, 0.5) is 0 Å². The van der Waals surface area contributed by atoms with E-state index in [2.05, 4.69) is 50.6 Å². The van der Waals surface area contributed by atoms with Gasteiger partial charge in [0.05, 0.1) is 0 Å². The SMILES string of the molecule is CNC(CCC(C)(C)C)c1cc2sccc2s1. The molecule has 2 heterocycles. The maximum atomic E-state index is 3.46. The van der Waals surface area contributed by atoms with Crippen LogP contribution in [0.25, 0.3) is 9.40 Å². The van der Waals surface area contributed by atoms with Crippen LogP contribution in [0.15, 0.2) is 17.5 Å². The van der Waals surface area contributed by atoms with Gasteiger partial charge in [0, 0.05) is 20.3 Å². The maximum Gasteiger partial charge on any atom is 0.0454 e. The maximum absolute atomic E-state index is 3.46. The number of nitrogens with one attached hydrogen (secondary N) is 1. The molecular formula is C14H21NS2. The van der Waals surface area contributed by atoms with Crippen molar-refractivity contribution in [2.45, 2.75) is 39.7 Å². The molecule has 0 aromatic carbocycles. The van der Waals surface area contributed by atoms with E-state index >= 15 is 0 Å². The lowest BCUT2D eigenvalue weighted by molar-refractivity contribution is 0.339. The predicted octanol–water partition coefficient (Wildman–Crippen LogP) is 5.05. The molecule has 3 heteroatoms. The lowest BCUT2D eigenvalue weighted by Gasteiger charge is -2.22. The summed E-state index contributed by atoms with van der Waals surface area (Å²) in [7, 11) is 2.07. The summed E-state index contributed by atoms with van der Waals surface area (Å²) in [6, 6.07) is 5.10. The fourth-order valence-corrected chi connectivity index (χ4v) is 4.23. The molecule has 0 aliphatic rings. The summed E-state index contributed by atoms with van der Waals surface area (Å²) in [4.78, 5) is 1.48. The molecule has 1 nitrogen and oxygen atoms in total. The van der Waals surface area contributed by atoms with E-state index in [4.69, 9.17) is 0 Å². The van der Waals surface area contributed by atoms with Crippen molar-refractivity contribution in [3.05, 3.63) is 22.4 Å². The number of fused-ring (bicyclic) bond motifs is 1. The molecule has 0 spiro atoms. The van der Waals surface area contributed by atoms with Crippen molar-refractivity contribution in [1.82, 2.24) is 5.32 Å². The zero-order chi connectivity index (χ0) is 12.5. The van der Waals surface area contributed by atoms with Crippen LogP contribution in [0.2, 0.25) is 0 Å². The van der Waals surface area contributed by atoms with Crippen LogP contribution in [0, 0.1) is 5.41 Å². The highest BCUT2D eigenvalue weighted by Gasteiger charge is 2.17. The van der Waals surface area contributed by atoms with Crippen molar-refractivity contribution in [2.75, 3.05) is 7.05 Å². The van der Waals surface area contributed by atoms with Crippen LogP contribution >= 0.6 is 22.7 Å². The van der Waals surface area contributed by atoms with Crippen LogP contribution in [-0.4, -0.2) is 7.05 Å². The third-order valence-electron chi connectivity index (χ3n) is 3.03. The van der Waals surface area contributed by atoms with Crippen LogP contribution in [0.1, 0.15) is 44.5 Å². The summed E-state index contributed by atoms with van der Waals surface area (Å²) in [6.07, 6.45) is 2.47. The first kappa shape index (κ1) is 13.1. The average Bonchev–Trinajstić information content (AvgIpc) is 2.76. The Bertz CT molecular complexity index is 447. The monoisotopic (exact) mass is 267 g/mol. The van der Waals surface area contributed by atoms with E-state index in [-0.39, 0.29) is 0 Å². The molecule has 0 aliphatic carbocycles. The standard InChI is InChI=1S/C14H21NS2/c1-14(2,3)7-5-10(15-4)12-9-13-11(17-12)6-8-16-13/h6,8-10,15H,5,7H2,1-4H3. The first-order valence-electron chi connectivity index (χ1n) is 6.14. The molecule has 2 rings (SSSR count). The molecule has 17 heavy (non-hydrogen) atoms. The molecule has 0 saturated heterocycles. The van der Waals surface area contributed by atoms with Gasteiger partial charge in [-0.05, 0) is 42.8 Å². The minimum absolute atomic E-state index is 0.420. The highest BCUT2D eigenvalue weighted by molar-refractivity contribution is 7.26. The Morgan fingerprint density at radius 3 is 2.65 bits per heavy atom. The summed E-state index contributed by atoms with van der Waals surface area (Å²) < 4.78 is 2.86. The highest BCUT2D eigenvalue weighted by Crippen LogP contribution is 2.36. The van der Waals surface area contributed by atoms with Gasteiger partial charge in [-0.1, -0.05) is 20.8 Å². The third-order valence-corrected chi connectivity index (χ3v) is 5.24. The molecule has 0 fully saturated rings. The number of hydrogen-bond acceptors (Lipinski definition) is 3. The van der Waals surface area contributed by atoms with Gasteiger partial charge in [-0.3, -0.25) is 0 Å². The Kier molecular flexibility index (Phi) is 3.91. The molecule has 94 valence electrons. The van der Waals surface area contributed by atoms with E-state index in [9.17, 15) is 0 Å². The molecule has 2 aromatic rings. The van der Waals surface area contributed by atoms with Crippen molar-refractivity contribution in [3.8, 4) is 0 Å². The van der Waals surface area contributed by atoms with Crippen molar-refractivity contribution in [3.63, 3.8) is 0 Å². The Hall–Kier alpha value is -0.380. The first-order chi connectivity index (χ1) is 7.99. The molecule has 0 radical (unpaired) electrons. The van der Waals surface area contributed by atoms with Gasteiger partial charge in [0.1, 0.15) is 0 Å². The van der Waals surface area contributed by atoms with E-state index in [1.807, 2.05) is 22.7 Å². The van der Waals surface area contributed by atoms with E-state index in [0.29, 0.717) is 11.5 Å². The van der Waals surface area contributed by atoms with E-state index < -0.39 is 0 Å². The fraction of sp³-hybridized carbons (Fsp3) is 0.571. The second-order valence-electron chi connectivity index (χ2n) is 5.74. The van der Waals surface area contributed by atoms with Crippen molar-refractivity contribution in [1.29, 1.82) is 0 Å². The molecule has 0 bridgehead atoms. The normalized spacial score (nSPS) is 14.4. The van der Waals surface area contributed by atoms with Crippen LogP contribution < -0.4 is 5.32 Å². The summed E-state index contributed by atoms with van der Waals surface area (Å²) in [6.45, 7) is 6.94. The van der Waals surface area contributed by atoms with Crippen molar-refractivity contribution in [2.24, 2.45) is 5.41 Å². The lowest BCUT2D eigenvalue weighted by Crippen LogP contribution is -2.17. The number of thiophene rings is 2. The molecule has 1 atom stereocenters. The molecule has 0 saturated carbocycles. The van der Waals surface area contributed by atoms with Gasteiger partial charge in [0.2, 0.25) is 0 Å². The lowest BCUT2D eigenvalue weighted by atomic mass is 9.88. The second kappa shape index (κ2) is 5.09. The van der Waals surface area contributed by atoms with Crippen molar-refractivity contribution >= 4 is 32.1 Å². The van der Waals surface area contributed by atoms with Crippen molar-refractivity contribution < 1.29 is 0 Å². The van der Waals surface area contributed by atoms with Gasteiger partial charge in [0.15, 0.2) is 0 Å². The van der Waals surface area contributed by atoms with Gasteiger partial charge in [-0.15, -0.1) is 22.7 Å². The topological polar surface area (TPSA) is 12.0 Å². The molecule has 1 unspecified atom stereocenters. The Morgan fingerprint density at radius 1 is 1.29 bits per heavy atom. The minimum Gasteiger partial charge on any atom is -0.312 e. The Balaban J connectivity index is 2.10. The van der Waals surface area contributed by atoms with Gasteiger partial charge >= 0.3 is 0 Å². The smallest absolute Gasteiger partial charge is 0.0454 e.